The van der Waals surface area contributed by atoms with Gasteiger partial charge in [-0.3, -0.25) is 4.79 Å². The number of carbonyl (C=O) groups is 1. The van der Waals surface area contributed by atoms with E-state index in [2.05, 4.69) is 62.1 Å². The van der Waals surface area contributed by atoms with Crippen molar-refractivity contribution in [2.75, 3.05) is 31.1 Å². The number of hydrogen-bond acceptors (Lipinski definition) is 3. The first kappa shape index (κ1) is 23.2. The predicted molar refractivity (Wildman–Crippen MR) is 143 cm³/mol. The molecule has 2 heterocycles. The Labute approximate surface area is 211 Å². The molecule has 0 atom stereocenters. The highest BCUT2D eigenvalue weighted by Gasteiger charge is 2.27. The molecule has 1 amide bonds. The minimum absolute atomic E-state index is 0.0137. The Morgan fingerprint density at radius 3 is 2.23 bits per heavy atom. The Hall–Kier alpha value is -3.57. The highest BCUT2D eigenvalue weighted by Crippen LogP contribution is 2.30. The summed E-state index contributed by atoms with van der Waals surface area (Å²) < 4.78 is 1.78. The summed E-state index contributed by atoms with van der Waals surface area (Å²) in [6.07, 6.45) is 0. The van der Waals surface area contributed by atoms with Gasteiger partial charge in [0.25, 0.3) is 5.91 Å². The summed E-state index contributed by atoms with van der Waals surface area (Å²) in [5, 5.41) is 5.48. The molecule has 0 radical (unpaired) electrons. The van der Waals surface area contributed by atoms with E-state index in [0.717, 1.165) is 29.9 Å². The highest BCUT2D eigenvalue weighted by atomic mass is 35.5. The van der Waals surface area contributed by atoms with Gasteiger partial charge in [0.2, 0.25) is 0 Å². The average molecular weight is 485 g/mol. The summed E-state index contributed by atoms with van der Waals surface area (Å²) in [5.41, 5.74) is 7.69. The van der Waals surface area contributed by atoms with Gasteiger partial charge >= 0.3 is 0 Å². The predicted octanol–water partition coefficient (Wildman–Crippen LogP) is 6.08. The third-order valence-corrected chi connectivity index (χ3v) is 7.01. The number of aryl methyl sites for hydroxylation is 3. The van der Waals surface area contributed by atoms with Crippen molar-refractivity contribution in [3.05, 3.63) is 100 Å². The van der Waals surface area contributed by atoms with Crippen LogP contribution in [0.3, 0.4) is 0 Å². The van der Waals surface area contributed by atoms with E-state index in [0.29, 0.717) is 29.5 Å². The summed E-state index contributed by atoms with van der Waals surface area (Å²) in [4.78, 5) is 18.1. The third kappa shape index (κ3) is 4.56. The largest absolute Gasteiger partial charge is 0.368 e. The minimum atomic E-state index is -0.0137. The van der Waals surface area contributed by atoms with Gasteiger partial charge in [-0.05, 0) is 56.2 Å². The molecule has 3 aromatic carbocycles. The molecule has 1 fully saturated rings. The first-order chi connectivity index (χ1) is 16.9. The van der Waals surface area contributed by atoms with Crippen molar-refractivity contribution >= 4 is 23.2 Å². The molecule has 0 aliphatic carbocycles. The van der Waals surface area contributed by atoms with Crippen molar-refractivity contribution in [3.8, 4) is 16.9 Å². The highest BCUT2D eigenvalue weighted by molar-refractivity contribution is 6.33. The van der Waals surface area contributed by atoms with Gasteiger partial charge in [-0.25, -0.2) is 4.68 Å². The van der Waals surface area contributed by atoms with E-state index in [1.165, 1.54) is 16.8 Å². The lowest BCUT2D eigenvalue weighted by atomic mass is 10.1. The summed E-state index contributed by atoms with van der Waals surface area (Å²) in [7, 11) is 0. The van der Waals surface area contributed by atoms with Crippen molar-refractivity contribution < 1.29 is 4.79 Å². The van der Waals surface area contributed by atoms with Gasteiger partial charge in [0, 0.05) is 37.4 Å². The van der Waals surface area contributed by atoms with E-state index in [-0.39, 0.29) is 5.91 Å². The molecule has 1 aliphatic heterocycles. The van der Waals surface area contributed by atoms with E-state index in [4.69, 9.17) is 16.7 Å². The average Bonchev–Trinajstić information content (AvgIpc) is 3.29. The number of nitrogens with zero attached hydrogens (tertiary/aromatic N) is 4. The number of piperazine rings is 1. The van der Waals surface area contributed by atoms with Gasteiger partial charge in [-0.15, -0.1) is 0 Å². The Morgan fingerprint density at radius 2 is 1.51 bits per heavy atom. The lowest BCUT2D eigenvalue weighted by Crippen LogP contribution is -2.49. The lowest BCUT2D eigenvalue weighted by Gasteiger charge is -2.36. The molecule has 1 saturated heterocycles. The van der Waals surface area contributed by atoms with Crippen LogP contribution in [0.4, 0.5) is 5.69 Å². The Balaban J connectivity index is 1.48. The quantitative estimate of drug-likeness (QED) is 0.352. The molecule has 1 aliphatic rings. The van der Waals surface area contributed by atoms with E-state index in [9.17, 15) is 4.79 Å². The number of anilines is 1. The third-order valence-electron chi connectivity index (χ3n) is 6.68. The van der Waals surface area contributed by atoms with Crippen LogP contribution < -0.4 is 4.90 Å². The zero-order chi connectivity index (χ0) is 24.5. The minimum Gasteiger partial charge on any atom is -0.368 e. The summed E-state index contributed by atoms with van der Waals surface area (Å²) in [6, 6.07) is 24.1. The van der Waals surface area contributed by atoms with E-state index < -0.39 is 0 Å². The number of benzene rings is 3. The summed E-state index contributed by atoms with van der Waals surface area (Å²) in [5.74, 6) is -0.0137. The summed E-state index contributed by atoms with van der Waals surface area (Å²) in [6.45, 7) is 9.16. The first-order valence-electron chi connectivity index (χ1n) is 11.9. The number of amides is 1. The standard InChI is InChI=1S/C29H29ClN4O/c1-20-12-13-27(22(3)18-20)34-28(19-25(31-34)23-9-5-6-10-24(23)30)29(35)33-16-14-32(15-17-33)26-11-7-4-8-21(26)2/h4-13,18-19H,14-17H2,1-3H3. The van der Waals surface area contributed by atoms with Crippen molar-refractivity contribution in [1.82, 2.24) is 14.7 Å². The van der Waals surface area contributed by atoms with Crippen molar-refractivity contribution in [2.45, 2.75) is 20.8 Å². The van der Waals surface area contributed by atoms with Gasteiger partial charge < -0.3 is 9.80 Å². The molecule has 0 spiro atoms. The summed E-state index contributed by atoms with van der Waals surface area (Å²) >= 11 is 6.48. The molecular formula is C29H29ClN4O. The fourth-order valence-corrected chi connectivity index (χ4v) is 5.02. The van der Waals surface area contributed by atoms with Gasteiger partial charge in [0.15, 0.2) is 0 Å². The molecule has 35 heavy (non-hydrogen) atoms. The Kier molecular flexibility index (Phi) is 6.35. The number of para-hydroxylation sites is 1. The SMILES string of the molecule is Cc1ccc(-n2nc(-c3ccccc3Cl)cc2C(=O)N2CCN(c3ccccc3C)CC2)c(C)c1. The van der Waals surface area contributed by atoms with Crippen LogP contribution >= 0.6 is 11.6 Å². The molecule has 0 saturated carbocycles. The molecule has 0 N–H and O–H groups in total. The van der Waals surface area contributed by atoms with Gasteiger partial charge in [0.1, 0.15) is 5.69 Å². The molecule has 1 aromatic heterocycles. The van der Waals surface area contributed by atoms with Gasteiger partial charge in [0.05, 0.1) is 16.4 Å². The van der Waals surface area contributed by atoms with E-state index >= 15 is 0 Å². The van der Waals surface area contributed by atoms with Crippen LogP contribution in [0, 0.1) is 20.8 Å². The second-order valence-corrected chi connectivity index (χ2v) is 9.57. The second kappa shape index (κ2) is 9.59. The molecular weight excluding hydrogens is 456 g/mol. The number of aromatic nitrogens is 2. The molecule has 0 bridgehead atoms. The van der Waals surface area contributed by atoms with Gasteiger partial charge in [-0.1, -0.05) is 65.7 Å². The molecule has 6 heteroatoms. The van der Waals surface area contributed by atoms with Crippen LogP contribution in [0.25, 0.3) is 16.9 Å². The van der Waals surface area contributed by atoms with Gasteiger partial charge in [-0.2, -0.15) is 5.10 Å². The normalized spacial score (nSPS) is 13.8. The van der Waals surface area contributed by atoms with E-state index in [1.807, 2.05) is 41.3 Å². The van der Waals surface area contributed by atoms with Crippen LogP contribution in [-0.2, 0) is 0 Å². The maximum Gasteiger partial charge on any atom is 0.272 e. The monoisotopic (exact) mass is 484 g/mol. The lowest BCUT2D eigenvalue weighted by molar-refractivity contribution is 0.0737. The molecule has 0 unspecified atom stereocenters. The molecule has 178 valence electrons. The van der Waals surface area contributed by atoms with E-state index in [1.54, 1.807) is 4.68 Å². The smallest absolute Gasteiger partial charge is 0.272 e. The van der Waals surface area contributed by atoms with Crippen LogP contribution in [0.1, 0.15) is 27.2 Å². The Bertz CT molecular complexity index is 1390. The fourth-order valence-electron chi connectivity index (χ4n) is 4.79. The number of rotatable bonds is 4. The first-order valence-corrected chi connectivity index (χ1v) is 12.3. The van der Waals surface area contributed by atoms with Crippen LogP contribution in [-0.4, -0.2) is 46.8 Å². The zero-order valence-corrected chi connectivity index (χ0v) is 21.1. The van der Waals surface area contributed by atoms with Crippen LogP contribution in [0.2, 0.25) is 5.02 Å². The van der Waals surface area contributed by atoms with Crippen molar-refractivity contribution in [1.29, 1.82) is 0 Å². The zero-order valence-electron chi connectivity index (χ0n) is 20.3. The van der Waals surface area contributed by atoms with Crippen LogP contribution in [0.15, 0.2) is 72.8 Å². The Morgan fingerprint density at radius 1 is 0.800 bits per heavy atom. The fraction of sp³-hybridized carbons (Fsp3) is 0.241. The maximum absolute atomic E-state index is 13.8. The molecule has 5 rings (SSSR count). The second-order valence-electron chi connectivity index (χ2n) is 9.16. The van der Waals surface area contributed by atoms with Crippen molar-refractivity contribution in [3.63, 3.8) is 0 Å². The topological polar surface area (TPSA) is 41.4 Å². The van der Waals surface area contributed by atoms with Crippen LogP contribution in [0.5, 0.6) is 0 Å². The molecule has 4 aromatic rings. The number of carbonyl (C=O) groups excluding carboxylic acids is 1. The molecule has 5 nitrogen and oxygen atoms in total. The van der Waals surface area contributed by atoms with Crippen molar-refractivity contribution in [2.24, 2.45) is 0 Å². The number of hydrogen-bond donors (Lipinski definition) is 0. The number of halogens is 1. The maximum atomic E-state index is 13.8.